The molecule has 0 radical (unpaired) electrons. The lowest BCUT2D eigenvalue weighted by atomic mass is 10.1. The lowest BCUT2D eigenvalue weighted by Crippen LogP contribution is -2.43. The monoisotopic (exact) mass is 275 g/mol. The number of pyridine rings is 1. The van der Waals surface area contributed by atoms with Gasteiger partial charge in [-0.25, -0.2) is 4.79 Å². The summed E-state index contributed by atoms with van der Waals surface area (Å²) in [4.78, 5) is 18.4. The number of carbonyl (C=O) groups is 1. The Morgan fingerprint density at radius 2 is 1.80 bits per heavy atom. The Kier molecular flexibility index (Phi) is 5.84. The van der Waals surface area contributed by atoms with Crippen LogP contribution in [0.2, 0.25) is 0 Å². The number of nitrogens with zero attached hydrogens (tertiary/aromatic N) is 2. The molecule has 0 spiro atoms. The smallest absolute Gasteiger partial charge is 0.317 e. The molecule has 2 heterocycles. The number of nitrogens with one attached hydrogen (secondary N) is 1. The van der Waals surface area contributed by atoms with Gasteiger partial charge in [0.15, 0.2) is 0 Å². The molecule has 1 atom stereocenters. The van der Waals surface area contributed by atoms with Crippen molar-refractivity contribution in [1.29, 1.82) is 0 Å². The van der Waals surface area contributed by atoms with Crippen molar-refractivity contribution < 1.29 is 4.79 Å². The highest BCUT2D eigenvalue weighted by atomic mass is 16.2. The van der Waals surface area contributed by atoms with E-state index in [-0.39, 0.29) is 12.1 Å². The molecule has 0 aliphatic carbocycles. The highest BCUT2D eigenvalue weighted by Gasteiger charge is 2.18. The molecule has 20 heavy (non-hydrogen) atoms. The molecule has 1 aliphatic rings. The molecule has 1 aliphatic heterocycles. The number of hydrogen-bond donors (Lipinski definition) is 1. The fraction of sp³-hybridized carbons (Fsp3) is 0.625. The van der Waals surface area contributed by atoms with E-state index in [2.05, 4.69) is 17.2 Å². The molecule has 1 saturated heterocycles. The molecule has 0 saturated carbocycles. The van der Waals surface area contributed by atoms with E-state index in [0.29, 0.717) is 0 Å². The lowest BCUT2D eigenvalue weighted by Gasteiger charge is -2.27. The average molecular weight is 275 g/mol. The van der Waals surface area contributed by atoms with Crippen LogP contribution in [0.25, 0.3) is 0 Å². The molecule has 2 rings (SSSR count). The zero-order chi connectivity index (χ0) is 14.2. The molecule has 1 fully saturated rings. The number of hydrogen-bond acceptors (Lipinski definition) is 2. The van der Waals surface area contributed by atoms with Crippen LogP contribution in [0.5, 0.6) is 0 Å². The number of aromatic nitrogens is 1. The molecule has 0 unspecified atom stereocenters. The van der Waals surface area contributed by atoms with Crippen LogP contribution < -0.4 is 5.32 Å². The molecule has 4 nitrogen and oxygen atoms in total. The fourth-order valence-corrected chi connectivity index (χ4v) is 2.71. The topological polar surface area (TPSA) is 45.2 Å². The third-order valence-electron chi connectivity index (χ3n) is 3.96. The molecule has 1 aromatic rings. The zero-order valence-corrected chi connectivity index (χ0v) is 12.3. The van der Waals surface area contributed by atoms with E-state index >= 15 is 0 Å². The van der Waals surface area contributed by atoms with Crippen molar-refractivity contribution in [3.05, 3.63) is 30.1 Å². The minimum absolute atomic E-state index is 0.0792. The molecule has 0 bridgehead atoms. The van der Waals surface area contributed by atoms with Gasteiger partial charge in [-0.1, -0.05) is 26.2 Å². The van der Waals surface area contributed by atoms with Gasteiger partial charge < -0.3 is 10.2 Å². The van der Waals surface area contributed by atoms with E-state index in [4.69, 9.17) is 0 Å². The van der Waals surface area contributed by atoms with E-state index < -0.39 is 0 Å². The minimum Gasteiger partial charge on any atom is -0.331 e. The highest BCUT2D eigenvalue weighted by molar-refractivity contribution is 5.74. The van der Waals surface area contributed by atoms with Gasteiger partial charge in [-0.2, -0.15) is 0 Å². The van der Waals surface area contributed by atoms with Gasteiger partial charge in [0.05, 0.1) is 6.04 Å². The molecule has 110 valence electrons. The summed E-state index contributed by atoms with van der Waals surface area (Å²) in [7, 11) is 0. The Labute approximate surface area is 121 Å². The third-order valence-corrected chi connectivity index (χ3v) is 3.96. The van der Waals surface area contributed by atoms with Crippen molar-refractivity contribution in [2.24, 2.45) is 0 Å². The minimum atomic E-state index is 0.0792. The second-order valence-corrected chi connectivity index (χ2v) is 5.45. The van der Waals surface area contributed by atoms with Crippen molar-refractivity contribution in [2.45, 2.75) is 51.5 Å². The van der Waals surface area contributed by atoms with E-state index in [1.807, 2.05) is 17.0 Å². The third kappa shape index (κ3) is 4.22. The van der Waals surface area contributed by atoms with Crippen LogP contribution in [-0.2, 0) is 0 Å². The van der Waals surface area contributed by atoms with Gasteiger partial charge in [0, 0.05) is 25.5 Å². The summed E-state index contributed by atoms with van der Waals surface area (Å²) in [5, 5.41) is 3.16. The van der Waals surface area contributed by atoms with Gasteiger partial charge in [-0.15, -0.1) is 0 Å². The lowest BCUT2D eigenvalue weighted by molar-refractivity contribution is 0.188. The number of rotatable bonds is 3. The summed E-state index contributed by atoms with van der Waals surface area (Å²) in [6.07, 6.45) is 10.5. The van der Waals surface area contributed by atoms with Gasteiger partial charge in [0.1, 0.15) is 0 Å². The predicted octanol–water partition coefficient (Wildman–Crippen LogP) is 3.51. The van der Waals surface area contributed by atoms with Crippen LogP contribution in [-0.4, -0.2) is 29.0 Å². The van der Waals surface area contributed by atoms with Crippen molar-refractivity contribution >= 4 is 6.03 Å². The summed E-state index contributed by atoms with van der Waals surface area (Å²) >= 11 is 0. The Balaban J connectivity index is 1.94. The first-order chi connectivity index (χ1) is 9.81. The van der Waals surface area contributed by atoms with Crippen molar-refractivity contribution in [3.8, 4) is 0 Å². The van der Waals surface area contributed by atoms with Crippen LogP contribution in [0.4, 0.5) is 4.79 Å². The van der Waals surface area contributed by atoms with Crippen LogP contribution >= 0.6 is 0 Å². The first-order valence-electron chi connectivity index (χ1n) is 7.76. The maximum atomic E-state index is 12.4. The Hall–Kier alpha value is -1.58. The number of amides is 2. The Bertz CT molecular complexity index is 399. The molecule has 1 aromatic heterocycles. The summed E-state index contributed by atoms with van der Waals surface area (Å²) in [5.41, 5.74) is 1.13. The quantitative estimate of drug-likeness (QED) is 0.917. The summed E-state index contributed by atoms with van der Waals surface area (Å²) < 4.78 is 0. The number of likely N-dealkylation sites (tertiary alicyclic amines) is 1. The van der Waals surface area contributed by atoms with Gasteiger partial charge in [-0.3, -0.25) is 4.98 Å². The first-order valence-corrected chi connectivity index (χ1v) is 7.76. The summed E-state index contributed by atoms with van der Waals surface area (Å²) in [6, 6.07) is 4.11. The molecular weight excluding hydrogens is 250 g/mol. The van der Waals surface area contributed by atoms with Crippen molar-refractivity contribution in [2.75, 3.05) is 13.1 Å². The van der Waals surface area contributed by atoms with E-state index in [1.54, 1.807) is 12.4 Å². The maximum absolute atomic E-state index is 12.4. The molecule has 2 amide bonds. The van der Waals surface area contributed by atoms with Gasteiger partial charge >= 0.3 is 6.03 Å². The van der Waals surface area contributed by atoms with Crippen LogP contribution in [0.1, 0.15) is 57.1 Å². The maximum Gasteiger partial charge on any atom is 0.317 e. The van der Waals surface area contributed by atoms with Gasteiger partial charge in [0.25, 0.3) is 0 Å². The zero-order valence-electron chi connectivity index (χ0n) is 12.3. The van der Waals surface area contributed by atoms with Crippen LogP contribution in [0.15, 0.2) is 24.5 Å². The molecule has 1 N–H and O–H groups in total. The van der Waals surface area contributed by atoms with E-state index in [9.17, 15) is 4.79 Å². The molecule has 4 heteroatoms. The molecule has 0 aromatic carbocycles. The van der Waals surface area contributed by atoms with Gasteiger partial charge in [-0.05, 0) is 37.0 Å². The highest BCUT2D eigenvalue weighted by Crippen LogP contribution is 2.17. The largest absolute Gasteiger partial charge is 0.331 e. The SMILES string of the molecule is CC[C@H](NC(=O)N1CCCCCCC1)c1ccncc1. The first kappa shape index (κ1) is 14.8. The second-order valence-electron chi connectivity index (χ2n) is 5.45. The van der Waals surface area contributed by atoms with Crippen molar-refractivity contribution in [1.82, 2.24) is 15.2 Å². The number of carbonyl (C=O) groups excluding carboxylic acids is 1. The van der Waals surface area contributed by atoms with Crippen LogP contribution in [0, 0.1) is 0 Å². The fourth-order valence-electron chi connectivity index (χ4n) is 2.71. The second kappa shape index (κ2) is 7.88. The summed E-state index contributed by atoms with van der Waals surface area (Å²) in [5.74, 6) is 0. The Morgan fingerprint density at radius 1 is 1.20 bits per heavy atom. The van der Waals surface area contributed by atoms with Crippen molar-refractivity contribution in [3.63, 3.8) is 0 Å². The molecular formula is C16H25N3O. The predicted molar refractivity (Wildman–Crippen MR) is 80.5 cm³/mol. The van der Waals surface area contributed by atoms with Gasteiger partial charge in [0.2, 0.25) is 0 Å². The normalized spacial score (nSPS) is 17.9. The van der Waals surface area contributed by atoms with Crippen LogP contribution in [0.3, 0.4) is 0 Å². The Morgan fingerprint density at radius 3 is 2.40 bits per heavy atom. The van der Waals surface area contributed by atoms with E-state index in [0.717, 1.165) is 37.9 Å². The van der Waals surface area contributed by atoms with E-state index in [1.165, 1.54) is 19.3 Å². The standard InChI is InChI=1S/C16H25N3O/c1-2-15(14-8-10-17-11-9-14)18-16(20)19-12-6-4-3-5-7-13-19/h8-11,15H,2-7,12-13H2,1H3,(H,18,20)/t15-/m0/s1. The number of urea groups is 1. The summed E-state index contributed by atoms with van der Waals surface area (Å²) in [6.45, 7) is 3.87. The average Bonchev–Trinajstić information content (AvgIpc) is 2.45.